The fourth-order valence-corrected chi connectivity index (χ4v) is 5.60. The zero-order valence-electron chi connectivity index (χ0n) is 27.7. The molecule has 1 fully saturated rings. The average Bonchev–Trinajstić information content (AvgIpc) is 2.87. The second-order valence-corrected chi connectivity index (χ2v) is 12.6. The number of aryl methyl sites for hydroxylation is 4. The summed E-state index contributed by atoms with van der Waals surface area (Å²) in [5.41, 5.74) is 3.73. The summed E-state index contributed by atoms with van der Waals surface area (Å²) in [5, 5.41) is 0. The molecule has 10 nitrogen and oxygen atoms in total. The van der Waals surface area contributed by atoms with E-state index in [-0.39, 0.29) is 35.0 Å². The van der Waals surface area contributed by atoms with Gasteiger partial charge in [0.15, 0.2) is 0 Å². The molecule has 0 bridgehead atoms. The van der Waals surface area contributed by atoms with Crippen LogP contribution in [0.3, 0.4) is 0 Å². The SMILES string of the molecule is Cc1cc(C)cc(Oc2[nH]c(=O)[nH]c(=O)c2C(C)C)c1.Cc1cc(C)cc(Oc2c(C(C)C)c(=O)n(C)c(=O)n2C2CCC2)c1. The van der Waals surface area contributed by atoms with Gasteiger partial charge in [-0.3, -0.25) is 28.7 Å². The largest absolute Gasteiger partial charge is 0.440 e. The van der Waals surface area contributed by atoms with Crippen molar-refractivity contribution in [2.24, 2.45) is 7.05 Å². The van der Waals surface area contributed by atoms with E-state index in [1.165, 1.54) is 4.57 Å². The van der Waals surface area contributed by atoms with Crippen LogP contribution in [0.4, 0.5) is 0 Å². The zero-order valence-corrected chi connectivity index (χ0v) is 27.7. The van der Waals surface area contributed by atoms with Gasteiger partial charge in [0.2, 0.25) is 11.8 Å². The molecule has 10 heteroatoms. The van der Waals surface area contributed by atoms with Crippen LogP contribution in [-0.4, -0.2) is 19.1 Å². The van der Waals surface area contributed by atoms with E-state index in [1.807, 2.05) is 85.7 Å². The van der Waals surface area contributed by atoms with Gasteiger partial charge in [0.1, 0.15) is 11.5 Å². The minimum absolute atomic E-state index is 0.0356. The molecular formula is C35H44N4O6. The summed E-state index contributed by atoms with van der Waals surface area (Å²) in [6.07, 6.45) is 2.98. The number of hydrogen-bond acceptors (Lipinski definition) is 6. The van der Waals surface area contributed by atoms with E-state index in [0.29, 0.717) is 28.5 Å². The smallest absolute Gasteiger partial charge is 0.333 e. The lowest BCUT2D eigenvalue weighted by Crippen LogP contribution is -2.43. The lowest BCUT2D eigenvalue weighted by atomic mass is 9.92. The summed E-state index contributed by atoms with van der Waals surface area (Å²) in [6.45, 7) is 15.6. The molecular weight excluding hydrogens is 572 g/mol. The highest BCUT2D eigenvalue weighted by Crippen LogP contribution is 2.37. The molecule has 0 atom stereocenters. The maximum Gasteiger partial charge on any atom is 0.333 e. The number of nitrogens with zero attached hydrogens (tertiary/aromatic N) is 2. The molecule has 4 aromatic rings. The first kappa shape index (κ1) is 33.3. The van der Waals surface area contributed by atoms with Crippen molar-refractivity contribution in [3.63, 3.8) is 0 Å². The fourth-order valence-electron chi connectivity index (χ4n) is 5.60. The third-order valence-electron chi connectivity index (χ3n) is 7.84. The van der Waals surface area contributed by atoms with Crippen LogP contribution in [0, 0.1) is 27.7 Å². The van der Waals surface area contributed by atoms with E-state index in [2.05, 4.69) is 16.0 Å². The van der Waals surface area contributed by atoms with E-state index in [4.69, 9.17) is 9.47 Å². The average molecular weight is 617 g/mol. The minimum Gasteiger partial charge on any atom is -0.440 e. The van der Waals surface area contributed by atoms with Crippen LogP contribution in [0.1, 0.15) is 98.2 Å². The summed E-state index contributed by atoms with van der Waals surface area (Å²) >= 11 is 0. The van der Waals surface area contributed by atoms with Gasteiger partial charge in [0.25, 0.3) is 11.1 Å². The molecule has 1 saturated carbocycles. The van der Waals surface area contributed by atoms with Crippen molar-refractivity contribution in [2.45, 2.75) is 92.5 Å². The van der Waals surface area contributed by atoms with Crippen molar-refractivity contribution in [3.05, 3.63) is 111 Å². The van der Waals surface area contributed by atoms with Crippen LogP contribution in [0.5, 0.6) is 23.3 Å². The monoisotopic (exact) mass is 616 g/mol. The van der Waals surface area contributed by atoms with E-state index in [9.17, 15) is 19.2 Å². The first-order valence-corrected chi connectivity index (χ1v) is 15.4. The molecule has 2 N–H and O–H groups in total. The Morgan fingerprint density at radius 2 is 1.20 bits per heavy atom. The number of hydrogen-bond donors (Lipinski definition) is 2. The molecule has 1 aliphatic rings. The second-order valence-electron chi connectivity index (χ2n) is 12.6. The first-order chi connectivity index (χ1) is 21.2. The summed E-state index contributed by atoms with van der Waals surface area (Å²) < 4.78 is 14.8. The van der Waals surface area contributed by atoms with Crippen LogP contribution in [0.2, 0.25) is 0 Å². The lowest BCUT2D eigenvalue weighted by molar-refractivity contribution is 0.263. The van der Waals surface area contributed by atoms with Crippen molar-refractivity contribution in [3.8, 4) is 23.3 Å². The summed E-state index contributed by atoms with van der Waals surface area (Å²) in [7, 11) is 1.55. The molecule has 1 aliphatic carbocycles. The Bertz CT molecular complexity index is 1900. The second kappa shape index (κ2) is 13.6. The van der Waals surface area contributed by atoms with Gasteiger partial charge in [0.05, 0.1) is 11.1 Å². The van der Waals surface area contributed by atoms with Gasteiger partial charge in [-0.1, -0.05) is 39.8 Å². The molecule has 2 aromatic carbocycles. The van der Waals surface area contributed by atoms with Gasteiger partial charge < -0.3 is 9.47 Å². The van der Waals surface area contributed by atoms with Gasteiger partial charge in [-0.05, 0) is 105 Å². The quantitative estimate of drug-likeness (QED) is 0.247. The van der Waals surface area contributed by atoms with E-state index >= 15 is 0 Å². The zero-order chi connectivity index (χ0) is 33.2. The molecule has 0 radical (unpaired) electrons. The van der Waals surface area contributed by atoms with Crippen molar-refractivity contribution in [2.75, 3.05) is 0 Å². The number of rotatable bonds is 7. The molecule has 45 heavy (non-hydrogen) atoms. The highest BCUT2D eigenvalue weighted by atomic mass is 16.5. The van der Waals surface area contributed by atoms with E-state index in [1.54, 1.807) is 11.6 Å². The third-order valence-corrected chi connectivity index (χ3v) is 7.84. The lowest BCUT2D eigenvalue weighted by Gasteiger charge is -2.31. The normalized spacial score (nSPS) is 13.0. The number of aromatic nitrogens is 4. The van der Waals surface area contributed by atoms with Gasteiger partial charge in [-0.25, -0.2) is 9.59 Å². The Balaban J connectivity index is 0.000000210. The van der Waals surface area contributed by atoms with Gasteiger partial charge in [-0.2, -0.15) is 0 Å². The Kier molecular flexibility index (Phi) is 10.1. The summed E-state index contributed by atoms with van der Waals surface area (Å²) in [5.74, 6) is 1.80. The summed E-state index contributed by atoms with van der Waals surface area (Å²) in [6, 6.07) is 11.8. The van der Waals surface area contributed by atoms with Crippen LogP contribution in [-0.2, 0) is 7.05 Å². The standard InChI is InChI=1S/C20H26N2O3.C15H18N2O3/c1-12(2)17-18(23)21(5)20(24)22(15-7-6-8-15)19(17)25-16-10-13(3)9-14(4)11-16;1-8(2)12-13(18)16-15(19)17-14(12)20-11-6-9(3)5-10(4)7-11/h9-12,15H,6-8H2,1-5H3;5-8H,1-4H3,(H2,16,17,18,19). The third kappa shape index (κ3) is 7.56. The minimum atomic E-state index is -0.571. The Labute approximate surface area is 262 Å². The molecule has 2 heterocycles. The molecule has 2 aromatic heterocycles. The molecule has 0 saturated heterocycles. The maximum atomic E-state index is 12.8. The molecule has 0 spiro atoms. The summed E-state index contributed by atoms with van der Waals surface area (Å²) in [4.78, 5) is 53.6. The van der Waals surface area contributed by atoms with E-state index < -0.39 is 11.2 Å². The van der Waals surface area contributed by atoms with E-state index in [0.717, 1.165) is 41.5 Å². The molecule has 0 aliphatic heterocycles. The molecule has 0 unspecified atom stereocenters. The predicted octanol–water partition coefficient (Wildman–Crippen LogP) is 6.40. The Morgan fingerprint density at radius 3 is 1.64 bits per heavy atom. The number of nitrogens with one attached hydrogen (secondary N) is 2. The van der Waals surface area contributed by atoms with Gasteiger partial charge in [-0.15, -0.1) is 0 Å². The number of H-pyrrole nitrogens is 2. The van der Waals surface area contributed by atoms with Crippen molar-refractivity contribution < 1.29 is 9.47 Å². The van der Waals surface area contributed by atoms with Crippen LogP contribution in [0.25, 0.3) is 0 Å². The molecule has 240 valence electrons. The first-order valence-electron chi connectivity index (χ1n) is 15.4. The van der Waals surface area contributed by atoms with Crippen molar-refractivity contribution in [1.82, 2.24) is 19.1 Å². The molecule has 0 amide bonds. The molecule has 5 rings (SSSR count). The Hall–Kier alpha value is -4.60. The highest BCUT2D eigenvalue weighted by Gasteiger charge is 2.29. The van der Waals surface area contributed by atoms with Crippen LogP contribution < -0.4 is 32.0 Å². The van der Waals surface area contributed by atoms with Crippen molar-refractivity contribution in [1.29, 1.82) is 0 Å². The van der Waals surface area contributed by atoms with Crippen molar-refractivity contribution >= 4 is 0 Å². The maximum absolute atomic E-state index is 12.8. The predicted molar refractivity (Wildman–Crippen MR) is 177 cm³/mol. The van der Waals surface area contributed by atoms with Gasteiger partial charge in [0, 0.05) is 13.1 Å². The number of ether oxygens (including phenoxy) is 2. The highest BCUT2D eigenvalue weighted by molar-refractivity contribution is 5.39. The topological polar surface area (TPSA) is 128 Å². The van der Waals surface area contributed by atoms with Gasteiger partial charge >= 0.3 is 11.4 Å². The Morgan fingerprint density at radius 1 is 0.711 bits per heavy atom. The number of aromatic amines is 2. The number of benzene rings is 2. The van der Waals surface area contributed by atoms with Crippen LogP contribution in [0.15, 0.2) is 55.6 Å². The fraction of sp³-hybridized carbons (Fsp3) is 0.429. The van der Waals surface area contributed by atoms with Crippen LogP contribution >= 0.6 is 0 Å².